The van der Waals surface area contributed by atoms with E-state index in [1.165, 1.54) is 5.56 Å². The van der Waals surface area contributed by atoms with Gasteiger partial charge in [0.15, 0.2) is 0 Å². The van der Waals surface area contributed by atoms with Crippen molar-refractivity contribution < 1.29 is 0 Å². The second-order valence-corrected chi connectivity index (χ2v) is 4.98. The first-order valence-electron chi connectivity index (χ1n) is 6.99. The van der Waals surface area contributed by atoms with Gasteiger partial charge in [-0.15, -0.1) is 0 Å². The van der Waals surface area contributed by atoms with Gasteiger partial charge >= 0.3 is 0 Å². The third-order valence-electron chi connectivity index (χ3n) is 3.39. The van der Waals surface area contributed by atoms with E-state index in [1.54, 1.807) is 0 Å². The van der Waals surface area contributed by atoms with Crippen LogP contribution in [-0.4, -0.2) is 32.3 Å². The number of likely N-dealkylation sites (N-methyl/N-ethyl adjacent to an activating group) is 2. The molecule has 0 aliphatic rings. The summed E-state index contributed by atoms with van der Waals surface area (Å²) in [5, 5.41) is 10.3. The molecule has 3 N–H and O–H groups in total. The van der Waals surface area contributed by atoms with Crippen molar-refractivity contribution in [3.8, 4) is 0 Å². The molecular weight excluding hydrogens is 234 g/mol. The molecule has 1 aromatic rings. The van der Waals surface area contributed by atoms with E-state index in [4.69, 9.17) is 0 Å². The lowest BCUT2D eigenvalue weighted by Crippen LogP contribution is -2.56. The maximum absolute atomic E-state index is 3.78. The summed E-state index contributed by atoms with van der Waals surface area (Å²) in [4.78, 5) is 0. The van der Waals surface area contributed by atoms with Crippen LogP contribution in [-0.2, 0) is 6.42 Å². The van der Waals surface area contributed by atoms with Gasteiger partial charge < -0.3 is 10.6 Å². The maximum Gasteiger partial charge on any atom is 0.0697 e. The van der Waals surface area contributed by atoms with Crippen LogP contribution in [0.4, 0.5) is 0 Å². The molecular formula is C16H27N3. The molecule has 106 valence electrons. The topological polar surface area (TPSA) is 36.1 Å². The van der Waals surface area contributed by atoms with Crippen LogP contribution in [0.25, 0.3) is 6.08 Å². The summed E-state index contributed by atoms with van der Waals surface area (Å²) in [7, 11) is 2.00. The van der Waals surface area contributed by atoms with E-state index in [-0.39, 0.29) is 5.66 Å². The Morgan fingerprint density at radius 1 is 1.21 bits per heavy atom. The fraction of sp³-hybridized carbons (Fsp3) is 0.500. The van der Waals surface area contributed by atoms with Crippen molar-refractivity contribution >= 4 is 6.08 Å². The van der Waals surface area contributed by atoms with Gasteiger partial charge in [0.1, 0.15) is 0 Å². The molecule has 0 saturated carbocycles. The summed E-state index contributed by atoms with van der Waals surface area (Å²) in [5.41, 5.74) is 2.40. The first kappa shape index (κ1) is 15.9. The van der Waals surface area contributed by atoms with Crippen molar-refractivity contribution in [3.63, 3.8) is 0 Å². The lowest BCUT2D eigenvalue weighted by Gasteiger charge is -2.31. The zero-order valence-corrected chi connectivity index (χ0v) is 12.4. The quantitative estimate of drug-likeness (QED) is 0.470. The largest absolute Gasteiger partial charge is 0.316 e. The number of hydrogen-bond acceptors (Lipinski definition) is 3. The predicted molar refractivity (Wildman–Crippen MR) is 84.2 cm³/mol. The van der Waals surface area contributed by atoms with Crippen molar-refractivity contribution in [2.45, 2.75) is 25.9 Å². The van der Waals surface area contributed by atoms with E-state index in [2.05, 4.69) is 60.6 Å². The Balaban J connectivity index is 2.55. The smallest absolute Gasteiger partial charge is 0.0697 e. The van der Waals surface area contributed by atoms with Crippen LogP contribution in [0.5, 0.6) is 0 Å². The third kappa shape index (κ3) is 5.55. The number of nitrogens with one attached hydrogen (secondary N) is 3. The average molecular weight is 261 g/mol. The van der Waals surface area contributed by atoms with E-state index in [9.17, 15) is 0 Å². The highest BCUT2D eigenvalue weighted by Gasteiger charge is 2.20. The van der Waals surface area contributed by atoms with Crippen LogP contribution in [0, 0.1) is 0 Å². The fourth-order valence-corrected chi connectivity index (χ4v) is 2.02. The number of rotatable bonds is 9. The second kappa shape index (κ2) is 8.10. The van der Waals surface area contributed by atoms with Gasteiger partial charge in [0.25, 0.3) is 0 Å². The third-order valence-corrected chi connectivity index (χ3v) is 3.39. The summed E-state index contributed by atoms with van der Waals surface area (Å²) in [6, 6.07) is 8.55. The van der Waals surface area contributed by atoms with Gasteiger partial charge in [0, 0.05) is 19.5 Å². The molecule has 0 amide bonds. The van der Waals surface area contributed by atoms with Crippen molar-refractivity contribution in [1.82, 2.24) is 16.0 Å². The summed E-state index contributed by atoms with van der Waals surface area (Å²) in [5.74, 6) is 0. The molecule has 0 saturated heterocycles. The zero-order valence-electron chi connectivity index (χ0n) is 12.4. The van der Waals surface area contributed by atoms with Gasteiger partial charge in [-0.05, 0) is 31.6 Å². The molecule has 0 fully saturated rings. The molecule has 0 aromatic heterocycles. The molecule has 0 aliphatic heterocycles. The van der Waals surface area contributed by atoms with E-state index >= 15 is 0 Å². The number of hydrogen-bond donors (Lipinski definition) is 3. The van der Waals surface area contributed by atoms with Crippen molar-refractivity contribution in [2.24, 2.45) is 0 Å². The van der Waals surface area contributed by atoms with Gasteiger partial charge in [-0.25, -0.2) is 0 Å². The Morgan fingerprint density at radius 3 is 2.42 bits per heavy atom. The minimum absolute atomic E-state index is 0.0783. The van der Waals surface area contributed by atoms with Crippen LogP contribution < -0.4 is 16.0 Å². The van der Waals surface area contributed by atoms with Crippen LogP contribution in [0.15, 0.2) is 30.8 Å². The summed E-state index contributed by atoms with van der Waals surface area (Å²) in [6.45, 7) is 11.1. The minimum Gasteiger partial charge on any atom is -0.316 e. The van der Waals surface area contributed by atoms with Crippen molar-refractivity contribution in [1.29, 1.82) is 0 Å². The second-order valence-electron chi connectivity index (χ2n) is 4.98. The molecule has 0 aliphatic carbocycles. The first-order chi connectivity index (χ1) is 9.13. The van der Waals surface area contributed by atoms with Crippen molar-refractivity contribution in [3.05, 3.63) is 42.0 Å². The molecule has 1 unspecified atom stereocenters. The van der Waals surface area contributed by atoms with Gasteiger partial charge in [-0.2, -0.15) is 0 Å². The maximum atomic E-state index is 3.78. The number of benzene rings is 1. The normalized spacial score (nSPS) is 14.1. The molecule has 3 nitrogen and oxygen atoms in total. The molecule has 1 aromatic carbocycles. The molecule has 3 heteroatoms. The van der Waals surface area contributed by atoms with Crippen LogP contribution >= 0.6 is 0 Å². The van der Waals surface area contributed by atoms with Crippen LogP contribution in [0.2, 0.25) is 0 Å². The molecule has 1 atom stereocenters. The minimum atomic E-state index is -0.0783. The van der Waals surface area contributed by atoms with Gasteiger partial charge in [-0.1, -0.05) is 43.8 Å². The summed E-state index contributed by atoms with van der Waals surface area (Å²) >= 11 is 0. The Morgan fingerprint density at radius 2 is 1.89 bits per heavy atom. The monoisotopic (exact) mass is 261 g/mol. The zero-order chi connectivity index (χ0) is 14.1. The molecule has 0 spiro atoms. The Bertz CT molecular complexity index is 372. The van der Waals surface area contributed by atoms with E-state index in [0.29, 0.717) is 0 Å². The predicted octanol–water partition coefficient (Wildman–Crippen LogP) is 2.01. The highest BCUT2D eigenvalue weighted by atomic mass is 15.2. The molecule has 0 heterocycles. The van der Waals surface area contributed by atoms with Gasteiger partial charge in [0.05, 0.1) is 5.66 Å². The van der Waals surface area contributed by atoms with Gasteiger partial charge in [0.2, 0.25) is 0 Å². The van der Waals surface area contributed by atoms with E-state index in [0.717, 1.165) is 31.6 Å². The summed E-state index contributed by atoms with van der Waals surface area (Å²) < 4.78 is 0. The molecule has 19 heavy (non-hydrogen) atoms. The van der Waals surface area contributed by atoms with Crippen molar-refractivity contribution in [2.75, 3.05) is 26.7 Å². The molecule has 1 rings (SSSR count). The van der Waals surface area contributed by atoms with Crippen LogP contribution in [0.1, 0.15) is 25.0 Å². The van der Waals surface area contributed by atoms with E-state index in [1.807, 2.05) is 13.1 Å². The van der Waals surface area contributed by atoms with Gasteiger partial charge in [-0.3, -0.25) is 5.32 Å². The first-order valence-corrected chi connectivity index (χ1v) is 6.99. The highest BCUT2D eigenvalue weighted by molar-refractivity contribution is 5.47. The molecule has 0 radical (unpaired) electrons. The lowest BCUT2D eigenvalue weighted by atomic mass is 10.00. The Kier molecular flexibility index (Phi) is 6.78. The fourth-order valence-electron chi connectivity index (χ4n) is 2.02. The SMILES string of the molecule is C=Cc1ccc(CC(C)(NC)NCCNCC)cc1. The standard InChI is InChI=1S/C16H27N3/c1-5-14-7-9-15(10-8-14)13-16(3,17-4)19-12-11-18-6-2/h5,7-10,17-19H,1,6,11-13H2,2-4H3. The van der Waals surface area contributed by atoms with E-state index < -0.39 is 0 Å². The lowest BCUT2D eigenvalue weighted by molar-refractivity contribution is 0.301. The average Bonchev–Trinajstić information content (AvgIpc) is 2.44. The Hall–Kier alpha value is -1.16. The van der Waals surface area contributed by atoms with Crippen LogP contribution in [0.3, 0.4) is 0 Å². The molecule has 0 bridgehead atoms. The summed E-state index contributed by atoms with van der Waals surface area (Å²) in [6.07, 6.45) is 2.82. The highest BCUT2D eigenvalue weighted by Crippen LogP contribution is 2.12. The Labute approximate surface area is 117 Å².